The summed E-state index contributed by atoms with van der Waals surface area (Å²) in [6, 6.07) is 4.79. The van der Waals surface area contributed by atoms with Crippen LogP contribution in [0.25, 0.3) is 10.9 Å². The molecule has 0 radical (unpaired) electrons. The number of hydrogen-bond donors (Lipinski definition) is 3. The zero-order valence-electron chi connectivity index (χ0n) is 29.9. The van der Waals surface area contributed by atoms with Gasteiger partial charge in [0.15, 0.2) is 0 Å². The predicted molar refractivity (Wildman–Crippen MR) is 188 cm³/mol. The molecule has 15 nitrogen and oxygen atoms in total. The number of carbonyl (C=O) groups excluding carboxylic acids is 4. The molecule has 2 aromatic rings. The molecule has 282 valence electrons. The van der Waals surface area contributed by atoms with Gasteiger partial charge in [0.05, 0.1) is 25.3 Å². The van der Waals surface area contributed by atoms with Crippen molar-refractivity contribution in [1.82, 2.24) is 25.2 Å². The summed E-state index contributed by atoms with van der Waals surface area (Å²) in [6.07, 6.45) is 5.59. The van der Waals surface area contributed by atoms with Crippen LogP contribution in [0.15, 0.2) is 43.1 Å². The highest BCUT2D eigenvalue weighted by Crippen LogP contribution is 2.45. The van der Waals surface area contributed by atoms with Crippen molar-refractivity contribution in [3.05, 3.63) is 43.1 Å². The number of benzene rings is 1. The van der Waals surface area contributed by atoms with E-state index in [0.717, 1.165) is 25.7 Å². The molecule has 0 bridgehead atoms. The van der Waals surface area contributed by atoms with E-state index >= 15 is 0 Å². The predicted octanol–water partition coefficient (Wildman–Crippen LogP) is 3.28. The molecule has 3 saturated carbocycles. The Kier molecular flexibility index (Phi) is 10.4. The van der Waals surface area contributed by atoms with Crippen molar-refractivity contribution in [3.63, 3.8) is 0 Å². The number of amides is 4. The van der Waals surface area contributed by atoms with Crippen LogP contribution in [0.2, 0.25) is 0 Å². The minimum Gasteiger partial charge on any atom is -0.497 e. The van der Waals surface area contributed by atoms with Gasteiger partial charge in [-0.25, -0.2) is 9.52 Å². The smallest absolute Gasteiger partial charge is 0.408 e. The first-order chi connectivity index (χ1) is 24.6. The lowest BCUT2D eigenvalue weighted by atomic mass is 9.85. The summed E-state index contributed by atoms with van der Waals surface area (Å²) < 4.78 is 49.4. The van der Waals surface area contributed by atoms with Gasteiger partial charge in [-0.1, -0.05) is 26.8 Å². The molecule has 3 aliphatic carbocycles. The van der Waals surface area contributed by atoms with Gasteiger partial charge < -0.3 is 29.7 Å². The number of fused-ring (bicyclic) bond motifs is 1. The van der Waals surface area contributed by atoms with Gasteiger partial charge in [-0.15, -0.1) is 6.58 Å². The molecule has 6 rings (SSSR count). The average Bonchev–Trinajstić information content (AvgIpc) is 3.92. The molecule has 4 aliphatic rings. The molecule has 2 heterocycles. The summed E-state index contributed by atoms with van der Waals surface area (Å²) in [6.45, 7) is 9.11. The minimum absolute atomic E-state index is 0.0282. The van der Waals surface area contributed by atoms with E-state index < -0.39 is 75.3 Å². The Bertz CT molecular complexity index is 1840. The van der Waals surface area contributed by atoms with E-state index in [-0.39, 0.29) is 25.5 Å². The second kappa shape index (κ2) is 14.5. The topological polar surface area (TPSA) is 192 Å². The van der Waals surface area contributed by atoms with Crippen molar-refractivity contribution in [2.45, 2.75) is 108 Å². The zero-order chi connectivity index (χ0) is 37.4. The molecule has 16 heteroatoms. The van der Waals surface area contributed by atoms with Crippen molar-refractivity contribution in [1.29, 1.82) is 0 Å². The number of rotatable bonds is 13. The minimum atomic E-state index is -4.42. The van der Waals surface area contributed by atoms with Gasteiger partial charge in [-0.05, 0) is 68.6 Å². The monoisotopic (exact) mass is 741 g/mol. The Morgan fingerprint density at radius 3 is 2.42 bits per heavy atom. The maximum absolute atomic E-state index is 14.5. The molecule has 1 aliphatic heterocycles. The van der Waals surface area contributed by atoms with Gasteiger partial charge in [-0.2, -0.15) is 8.42 Å². The van der Waals surface area contributed by atoms with Gasteiger partial charge in [-0.3, -0.25) is 23.6 Å². The number of methoxy groups -OCH3 is 1. The van der Waals surface area contributed by atoms with E-state index in [1.165, 1.54) is 11.0 Å². The molecule has 5 atom stereocenters. The quantitative estimate of drug-likeness (QED) is 0.256. The number of likely N-dealkylation sites (tertiary alicyclic amines) is 1. The van der Waals surface area contributed by atoms with Gasteiger partial charge in [0.2, 0.25) is 11.8 Å². The molecular formula is C36H47N5O10S. The summed E-state index contributed by atoms with van der Waals surface area (Å²) in [5.41, 5.74) is -1.81. The normalized spacial score (nSPS) is 25.2. The standard InChI is InChI=1S/C36H47N5O10S/c1-6-21-19-36(21,33(44)40-52(46,47)51-23-11-12-23)39-31(42)28-18-25(49-29-15-16-37-27-17-24(48-5)13-14-26(27)29)20-41(28)32(43)30(35(2,3)4)38-34(45)50-22-9-7-8-10-22/h6,13-17,21-23,25,28,30H,1,7-12,18-20H2,2-5H3,(H,38,45)(H,39,42)(H,40,44)/t21?,25-,28?,30-,36-/m1/s1. The van der Waals surface area contributed by atoms with E-state index in [4.69, 9.17) is 18.4 Å². The zero-order valence-corrected chi connectivity index (χ0v) is 30.7. The van der Waals surface area contributed by atoms with Crippen molar-refractivity contribution in [3.8, 4) is 11.5 Å². The van der Waals surface area contributed by atoms with Crippen LogP contribution in [-0.2, 0) is 33.6 Å². The van der Waals surface area contributed by atoms with Crippen molar-refractivity contribution < 1.29 is 46.0 Å². The lowest BCUT2D eigenvalue weighted by molar-refractivity contribution is -0.143. The summed E-state index contributed by atoms with van der Waals surface area (Å²) >= 11 is 0. The van der Waals surface area contributed by atoms with Crippen LogP contribution in [-0.4, -0.2) is 91.7 Å². The SMILES string of the molecule is C=CC1C[C@]1(NC(=O)C1C[C@@H](Oc2ccnc3cc(OC)ccc23)CN1C(=O)[C@@H](NC(=O)OC1CCCC1)C(C)(C)C)C(=O)NS(=O)(=O)OC1CC1. The van der Waals surface area contributed by atoms with Crippen LogP contribution in [0.4, 0.5) is 4.79 Å². The number of nitrogens with zero attached hydrogens (tertiary/aromatic N) is 2. The second-order valence-electron chi connectivity index (χ2n) is 15.1. The number of nitrogens with one attached hydrogen (secondary N) is 3. The Labute approximate surface area is 303 Å². The third-order valence-electron chi connectivity index (χ3n) is 10.1. The fourth-order valence-electron chi connectivity index (χ4n) is 6.92. The molecule has 1 saturated heterocycles. The summed E-state index contributed by atoms with van der Waals surface area (Å²) in [5, 5.41) is 6.20. The fraction of sp³-hybridized carbons (Fsp3) is 0.583. The molecule has 0 spiro atoms. The molecule has 4 fully saturated rings. The van der Waals surface area contributed by atoms with Crippen LogP contribution in [0.5, 0.6) is 11.5 Å². The van der Waals surface area contributed by atoms with E-state index in [1.54, 1.807) is 58.3 Å². The molecule has 52 heavy (non-hydrogen) atoms. The Morgan fingerprint density at radius 2 is 1.79 bits per heavy atom. The number of aromatic nitrogens is 1. The highest BCUT2D eigenvalue weighted by atomic mass is 32.2. The van der Waals surface area contributed by atoms with Crippen LogP contribution in [0.1, 0.15) is 72.1 Å². The molecular weight excluding hydrogens is 694 g/mol. The lowest BCUT2D eigenvalue weighted by Gasteiger charge is -2.35. The van der Waals surface area contributed by atoms with Gasteiger partial charge >= 0.3 is 16.4 Å². The summed E-state index contributed by atoms with van der Waals surface area (Å²) in [4.78, 5) is 61.0. The third-order valence-corrected chi connectivity index (χ3v) is 11.0. The van der Waals surface area contributed by atoms with Gasteiger partial charge in [0.1, 0.15) is 41.3 Å². The third kappa shape index (κ3) is 8.27. The fourth-order valence-corrected chi connectivity index (χ4v) is 7.93. The Morgan fingerprint density at radius 1 is 1.06 bits per heavy atom. The highest BCUT2D eigenvalue weighted by molar-refractivity contribution is 7.85. The molecule has 2 unspecified atom stereocenters. The first kappa shape index (κ1) is 37.3. The lowest BCUT2D eigenvalue weighted by Crippen LogP contribution is -2.60. The average molecular weight is 742 g/mol. The second-order valence-corrected chi connectivity index (χ2v) is 16.4. The first-order valence-corrected chi connectivity index (χ1v) is 19.1. The van der Waals surface area contributed by atoms with Crippen molar-refractivity contribution in [2.24, 2.45) is 11.3 Å². The van der Waals surface area contributed by atoms with Crippen molar-refractivity contribution >= 4 is 45.0 Å². The van der Waals surface area contributed by atoms with Crippen LogP contribution < -0.4 is 24.8 Å². The molecule has 1 aromatic carbocycles. The molecule has 3 N–H and O–H groups in total. The number of carbonyl (C=O) groups is 4. The number of ether oxygens (including phenoxy) is 3. The van der Waals surface area contributed by atoms with E-state index in [9.17, 15) is 27.6 Å². The Hall–Kier alpha value is -4.44. The maximum atomic E-state index is 14.5. The summed E-state index contributed by atoms with van der Waals surface area (Å²) in [5.74, 6) is -1.67. The van der Waals surface area contributed by atoms with E-state index in [0.29, 0.717) is 35.2 Å². The van der Waals surface area contributed by atoms with E-state index in [2.05, 4.69) is 22.2 Å². The van der Waals surface area contributed by atoms with E-state index in [1.807, 2.05) is 4.72 Å². The highest BCUT2D eigenvalue weighted by Gasteiger charge is 2.62. The summed E-state index contributed by atoms with van der Waals surface area (Å²) in [7, 11) is -2.87. The first-order valence-electron chi connectivity index (χ1n) is 17.7. The molecule has 1 aromatic heterocycles. The van der Waals surface area contributed by atoms with Crippen LogP contribution >= 0.6 is 0 Å². The van der Waals surface area contributed by atoms with Crippen LogP contribution in [0, 0.1) is 11.3 Å². The van der Waals surface area contributed by atoms with Gasteiger partial charge in [0.25, 0.3) is 5.91 Å². The molecule has 4 amide bonds. The number of pyridine rings is 1. The largest absolute Gasteiger partial charge is 0.497 e. The number of hydrogen-bond acceptors (Lipinski definition) is 11. The van der Waals surface area contributed by atoms with Gasteiger partial charge in [0, 0.05) is 30.0 Å². The van der Waals surface area contributed by atoms with Crippen molar-refractivity contribution in [2.75, 3.05) is 13.7 Å². The number of alkyl carbamates (subject to hydrolysis) is 1. The maximum Gasteiger partial charge on any atom is 0.408 e. The Balaban J connectivity index is 1.26. The van der Waals surface area contributed by atoms with Crippen LogP contribution in [0.3, 0.4) is 0 Å².